The SMILES string of the molecule is C[C@@H]1CN(Cc2ccc(F)cc2)[C@@H](C)CN1C(=O)COc1ccc(Cl)cc1CCl. The van der Waals surface area contributed by atoms with Crippen molar-refractivity contribution in [1.29, 1.82) is 0 Å². The Hall–Kier alpha value is -1.82. The molecule has 0 aliphatic carbocycles. The lowest BCUT2D eigenvalue weighted by molar-refractivity contribution is -0.139. The number of halogens is 3. The Kier molecular flexibility index (Phi) is 7.38. The predicted octanol–water partition coefficient (Wildman–Crippen LogP) is 4.72. The van der Waals surface area contributed by atoms with Gasteiger partial charge in [0.25, 0.3) is 5.91 Å². The third-order valence-electron chi connectivity index (χ3n) is 5.25. The van der Waals surface area contributed by atoms with E-state index in [0.29, 0.717) is 17.3 Å². The molecule has 3 rings (SSSR count). The largest absolute Gasteiger partial charge is 0.483 e. The molecule has 2 aromatic carbocycles. The third-order valence-corrected chi connectivity index (χ3v) is 5.78. The molecule has 29 heavy (non-hydrogen) atoms. The maximum atomic E-state index is 13.1. The Labute approximate surface area is 181 Å². The molecule has 1 heterocycles. The van der Waals surface area contributed by atoms with Crippen molar-refractivity contribution in [2.24, 2.45) is 0 Å². The van der Waals surface area contributed by atoms with E-state index < -0.39 is 0 Å². The topological polar surface area (TPSA) is 32.8 Å². The van der Waals surface area contributed by atoms with Gasteiger partial charge in [0.2, 0.25) is 0 Å². The minimum atomic E-state index is -0.233. The number of piperazine rings is 1. The van der Waals surface area contributed by atoms with Crippen LogP contribution in [0.1, 0.15) is 25.0 Å². The Morgan fingerprint density at radius 2 is 1.86 bits per heavy atom. The highest BCUT2D eigenvalue weighted by Crippen LogP contribution is 2.25. The molecular formula is C22H25Cl2FN2O2. The molecule has 0 radical (unpaired) electrons. The van der Waals surface area contributed by atoms with Gasteiger partial charge in [-0.3, -0.25) is 9.69 Å². The molecule has 1 aliphatic heterocycles. The minimum Gasteiger partial charge on any atom is -0.483 e. The number of carbonyl (C=O) groups is 1. The summed E-state index contributed by atoms with van der Waals surface area (Å²) >= 11 is 11.9. The first kappa shape index (κ1) is 21.9. The molecular weight excluding hydrogens is 414 g/mol. The second-order valence-electron chi connectivity index (χ2n) is 7.47. The predicted molar refractivity (Wildman–Crippen MR) is 114 cm³/mol. The lowest BCUT2D eigenvalue weighted by Gasteiger charge is -2.44. The van der Waals surface area contributed by atoms with E-state index in [1.807, 2.05) is 11.8 Å². The van der Waals surface area contributed by atoms with E-state index in [1.54, 1.807) is 30.3 Å². The Bertz CT molecular complexity index is 847. The Morgan fingerprint density at radius 3 is 2.55 bits per heavy atom. The fourth-order valence-corrected chi connectivity index (χ4v) is 4.01. The third kappa shape index (κ3) is 5.62. The van der Waals surface area contributed by atoms with Crippen molar-refractivity contribution in [2.75, 3.05) is 19.7 Å². The van der Waals surface area contributed by atoms with Crippen molar-refractivity contribution in [3.05, 3.63) is 64.4 Å². The highest BCUT2D eigenvalue weighted by Gasteiger charge is 2.32. The molecule has 2 atom stereocenters. The fourth-order valence-electron chi connectivity index (χ4n) is 3.61. The number of hydrogen-bond donors (Lipinski definition) is 0. The number of hydrogen-bond acceptors (Lipinski definition) is 3. The monoisotopic (exact) mass is 438 g/mol. The van der Waals surface area contributed by atoms with Gasteiger partial charge in [0, 0.05) is 42.3 Å². The lowest BCUT2D eigenvalue weighted by Crippen LogP contribution is -2.58. The second-order valence-corrected chi connectivity index (χ2v) is 8.18. The van der Waals surface area contributed by atoms with Crippen LogP contribution in [0, 0.1) is 5.82 Å². The van der Waals surface area contributed by atoms with Crippen molar-refractivity contribution in [1.82, 2.24) is 9.80 Å². The van der Waals surface area contributed by atoms with Gasteiger partial charge in [-0.25, -0.2) is 4.39 Å². The van der Waals surface area contributed by atoms with E-state index in [9.17, 15) is 9.18 Å². The summed E-state index contributed by atoms with van der Waals surface area (Å²) in [5.41, 5.74) is 1.82. The summed E-state index contributed by atoms with van der Waals surface area (Å²) in [7, 11) is 0. The van der Waals surface area contributed by atoms with E-state index >= 15 is 0 Å². The smallest absolute Gasteiger partial charge is 0.260 e. The van der Waals surface area contributed by atoms with Crippen LogP contribution in [-0.2, 0) is 17.2 Å². The fraction of sp³-hybridized carbons (Fsp3) is 0.409. The van der Waals surface area contributed by atoms with Crippen LogP contribution >= 0.6 is 23.2 Å². The summed E-state index contributed by atoms with van der Waals surface area (Å²) in [5, 5.41) is 0.582. The van der Waals surface area contributed by atoms with Gasteiger partial charge >= 0.3 is 0 Å². The van der Waals surface area contributed by atoms with Gasteiger partial charge in [-0.05, 0) is 49.7 Å². The van der Waals surface area contributed by atoms with E-state index in [4.69, 9.17) is 27.9 Å². The quantitative estimate of drug-likeness (QED) is 0.611. The molecule has 7 heteroatoms. The number of amides is 1. The van der Waals surface area contributed by atoms with Crippen LogP contribution in [-0.4, -0.2) is 47.5 Å². The summed E-state index contributed by atoms with van der Waals surface area (Å²) in [6.07, 6.45) is 0. The van der Waals surface area contributed by atoms with Crippen LogP contribution in [0.3, 0.4) is 0 Å². The van der Waals surface area contributed by atoms with Crippen LogP contribution in [0.15, 0.2) is 42.5 Å². The van der Waals surface area contributed by atoms with Gasteiger partial charge < -0.3 is 9.64 Å². The molecule has 1 amide bonds. The van der Waals surface area contributed by atoms with Gasteiger partial charge in [-0.1, -0.05) is 23.7 Å². The standard InChI is InChI=1S/C22H25Cl2FN2O2/c1-15-12-27(16(2)11-26(15)13-17-3-6-20(25)7-4-17)22(28)14-29-21-8-5-19(24)9-18(21)10-23/h3-9,15-16H,10-14H2,1-2H3/t15-,16+/m0/s1. The first-order valence-electron chi connectivity index (χ1n) is 9.62. The molecule has 2 aromatic rings. The highest BCUT2D eigenvalue weighted by molar-refractivity contribution is 6.30. The molecule has 0 aromatic heterocycles. The van der Waals surface area contributed by atoms with Gasteiger partial charge in [0.05, 0.1) is 5.88 Å². The van der Waals surface area contributed by atoms with Crippen LogP contribution in [0.4, 0.5) is 4.39 Å². The molecule has 156 valence electrons. The summed E-state index contributed by atoms with van der Waals surface area (Å²) in [4.78, 5) is 17.0. The van der Waals surface area contributed by atoms with Gasteiger partial charge in [0.15, 0.2) is 6.61 Å². The average Bonchev–Trinajstić information content (AvgIpc) is 2.70. The molecule has 0 unspecified atom stereocenters. The molecule has 1 aliphatic rings. The average molecular weight is 439 g/mol. The van der Waals surface area contributed by atoms with E-state index in [-0.39, 0.29) is 36.3 Å². The van der Waals surface area contributed by atoms with Crippen LogP contribution in [0.25, 0.3) is 0 Å². The zero-order chi connectivity index (χ0) is 21.0. The molecule has 0 bridgehead atoms. The first-order chi connectivity index (χ1) is 13.9. The van der Waals surface area contributed by atoms with E-state index in [0.717, 1.165) is 24.2 Å². The zero-order valence-corrected chi connectivity index (χ0v) is 18.1. The van der Waals surface area contributed by atoms with Crippen LogP contribution in [0.2, 0.25) is 5.02 Å². The molecule has 4 nitrogen and oxygen atoms in total. The number of benzene rings is 2. The minimum absolute atomic E-state index is 0.0411. The highest BCUT2D eigenvalue weighted by atomic mass is 35.5. The molecule has 0 saturated carbocycles. The molecule has 1 fully saturated rings. The molecule has 0 N–H and O–H groups in total. The van der Waals surface area contributed by atoms with Gasteiger partial charge in [0.1, 0.15) is 11.6 Å². The first-order valence-corrected chi connectivity index (χ1v) is 10.5. The number of ether oxygens (including phenoxy) is 1. The molecule has 0 spiro atoms. The maximum Gasteiger partial charge on any atom is 0.260 e. The summed E-state index contributed by atoms with van der Waals surface area (Å²) < 4.78 is 18.9. The molecule has 1 saturated heterocycles. The second kappa shape index (κ2) is 9.79. The number of carbonyl (C=O) groups excluding carboxylic acids is 1. The number of alkyl halides is 1. The Morgan fingerprint density at radius 1 is 1.14 bits per heavy atom. The van der Waals surface area contributed by atoms with Gasteiger partial charge in [-0.2, -0.15) is 0 Å². The van der Waals surface area contributed by atoms with Crippen LogP contribution in [0.5, 0.6) is 5.75 Å². The summed E-state index contributed by atoms with van der Waals surface area (Å²) in [6.45, 7) is 6.19. The van der Waals surface area contributed by atoms with Crippen molar-refractivity contribution in [3.8, 4) is 5.75 Å². The maximum absolute atomic E-state index is 13.1. The van der Waals surface area contributed by atoms with Crippen molar-refractivity contribution < 1.29 is 13.9 Å². The van der Waals surface area contributed by atoms with Crippen molar-refractivity contribution >= 4 is 29.1 Å². The number of nitrogens with zero attached hydrogens (tertiary/aromatic N) is 2. The zero-order valence-electron chi connectivity index (χ0n) is 16.6. The Balaban J connectivity index is 1.58. The normalized spacial score (nSPS) is 20.0. The van der Waals surface area contributed by atoms with Gasteiger partial charge in [-0.15, -0.1) is 11.6 Å². The van der Waals surface area contributed by atoms with Crippen molar-refractivity contribution in [3.63, 3.8) is 0 Å². The van der Waals surface area contributed by atoms with E-state index in [1.165, 1.54) is 12.1 Å². The number of rotatable bonds is 6. The van der Waals surface area contributed by atoms with E-state index in [2.05, 4.69) is 11.8 Å². The van der Waals surface area contributed by atoms with Crippen molar-refractivity contribution in [2.45, 2.75) is 38.4 Å². The summed E-state index contributed by atoms with van der Waals surface area (Å²) in [5.74, 6) is 0.554. The lowest BCUT2D eigenvalue weighted by atomic mass is 10.1. The van der Waals surface area contributed by atoms with Crippen LogP contribution < -0.4 is 4.74 Å². The summed E-state index contributed by atoms with van der Waals surface area (Å²) in [6, 6.07) is 12.0.